The fraction of sp³-hybridized carbons (Fsp3) is 0.680. The molecular weight excluding hydrogens is 390 g/mol. The average Bonchev–Trinajstić information content (AvgIpc) is 3.30. The van der Waals surface area contributed by atoms with E-state index >= 15 is 0 Å². The minimum atomic E-state index is -0.544. The van der Waals surface area contributed by atoms with E-state index in [0.29, 0.717) is 6.42 Å². The molecule has 1 saturated carbocycles. The summed E-state index contributed by atoms with van der Waals surface area (Å²) in [4.78, 5) is 4.74. The number of fused-ring (bicyclic) bond motifs is 1. The summed E-state index contributed by atoms with van der Waals surface area (Å²) in [5, 5.41) is 21.9. The predicted octanol–water partition coefficient (Wildman–Crippen LogP) is 2.76. The quantitative estimate of drug-likeness (QED) is 0.591. The molecule has 6 atom stereocenters. The van der Waals surface area contributed by atoms with Crippen LogP contribution in [0.2, 0.25) is 0 Å². The second kappa shape index (κ2) is 10.8. The lowest BCUT2D eigenvalue weighted by Crippen LogP contribution is -2.57. The second-order valence-corrected chi connectivity index (χ2v) is 8.04. The van der Waals surface area contributed by atoms with Crippen molar-refractivity contribution in [3.05, 3.63) is 35.9 Å². The van der Waals surface area contributed by atoms with Crippen LogP contribution >= 0.6 is 0 Å². The van der Waals surface area contributed by atoms with Gasteiger partial charge in [0.2, 0.25) is 0 Å². The highest BCUT2D eigenvalue weighted by atomic mass is 16.5. The smallest absolute Gasteiger partial charge is 0.120 e. The molecule has 1 aliphatic carbocycles. The molecular formula is C25H43N3O3. The zero-order valence-corrected chi connectivity index (χ0v) is 20.4. The van der Waals surface area contributed by atoms with Crippen LogP contribution in [0.3, 0.4) is 0 Å². The van der Waals surface area contributed by atoms with Crippen LogP contribution in [0.5, 0.6) is 5.75 Å². The molecule has 1 spiro atoms. The van der Waals surface area contributed by atoms with Crippen molar-refractivity contribution in [3.8, 4) is 5.75 Å². The van der Waals surface area contributed by atoms with Crippen molar-refractivity contribution in [3.63, 3.8) is 0 Å². The number of aliphatic hydroxyl groups is 2. The van der Waals surface area contributed by atoms with Gasteiger partial charge in [0.15, 0.2) is 0 Å². The summed E-state index contributed by atoms with van der Waals surface area (Å²) in [7, 11) is 5.27. The highest BCUT2D eigenvalue weighted by molar-refractivity contribution is 5.68. The van der Waals surface area contributed by atoms with Gasteiger partial charge in [0, 0.05) is 49.1 Å². The molecule has 0 amide bonds. The standard InChI is InChI=1S/C20H26N2O3.2C2H6.CH5N/c1-21-15-10-12(25-2)5-6-14(15)20-7-9-22-8-3-4-13(18(20)22)16(23)11-17(24)19(20)21;3*1-2/h3-6,10,13,16-19,23-24H,7-9,11H2,1-2H3;2*1-2H3;2H2,1H3. The fourth-order valence-electron chi connectivity index (χ4n) is 6.26. The minimum absolute atomic E-state index is 0.00393. The molecule has 4 N–H and O–H groups in total. The lowest BCUT2D eigenvalue weighted by molar-refractivity contribution is 0.0449. The Bertz CT molecular complexity index is 741. The van der Waals surface area contributed by atoms with E-state index < -0.39 is 12.2 Å². The van der Waals surface area contributed by atoms with E-state index in [1.165, 1.54) is 12.6 Å². The van der Waals surface area contributed by atoms with Gasteiger partial charge in [-0.05, 0) is 31.6 Å². The number of rotatable bonds is 1. The first-order valence-electron chi connectivity index (χ1n) is 11.8. The molecule has 0 radical (unpaired) electrons. The van der Waals surface area contributed by atoms with E-state index in [9.17, 15) is 10.2 Å². The first-order chi connectivity index (χ1) is 15.1. The number of hydrogen-bond donors (Lipinski definition) is 3. The van der Waals surface area contributed by atoms with Crippen molar-refractivity contribution >= 4 is 5.69 Å². The maximum Gasteiger partial charge on any atom is 0.120 e. The van der Waals surface area contributed by atoms with Gasteiger partial charge in [-0.3, -0.25) is 4.90 Å². The van der Waals surface area contributed by atoms with Crippen LogP contribution in [0.4, 0.5) is 5.69 Å². The van der Waals surface area contributed by atoms with Crippen LogP contribution in [0.25, 0.3) is 0 Å². The normalized spacial score (nSPS) is 34.4. The highest BCUT2D eigenvalue weighted by Gasteiger charge is 2.65. The molecule has 2 fully saturated rings. The van der Waals surface area contributed by atoms with Gasteiger partial charge < -0.3 is 25.6 Å². The van der Waals surface area contributed by atoms with Gasteiger partial charge in [-0.2, -0.15) is 0 Å². The van der Waals surface area contributed by atoms with E-state index in [4.69, 9.17) is 4.74 Å². The van der Waals surface area contributed by atoms with Gasteiger partial charge in [0.05, 0.1) is 25.4 Å². The van der Waals surface area contributed by atoms with Crippen LogP contribution in [0.15, 0.2) is 30.4 Å². The number of methoxy groups -OCH3 is 1. The van der Waals surface area contributed by atoms with Crippen LogP contribution in [0, 0.1) is 5.92 Å². The van der Waals surface area contributed by atoms with Gasteiger partial charge >= 0.3 is 0 Å². The Kier molecular flexibility index (Phi) is 8.95. The summed E-state index contributed by atoms with van der Waals surface area (Å²) in [5.41, 5.74) is 6.83. The van der Waals surface area contributed by atoms with Gasteiger partial charge in [0.25, 0.3) is 0 Å². The first kappa shape index (κ1) is 25.7. The molecule has 6 nitrogen and oxygen atoms in total. The Morgan fingerprint density at radius 2 is 1.74 bits per heavy atom. The summed E-state index contributed by atoms with van der Waals surface area (Å²) in [6.45, 7) is 9.95. The van der Waals surface area contributed by atoms with Crippen molar-refractivity contribution < 1.29 is 14.9 Å². The van der Waals surface area contributed by atoms with Crippen LogP contribution < -0.4 is 15.4 Å². The summed E-state index contributed by atoms with van der Waals surface area (Å²) in [6.07, 6.45) is 4.79. The zero-order chi connectivity index (χ0) is 23.3. The zero-order valence-electron chi connectivity index (χ0n) is 20.4. The molecule has 1 saturated heterocycles. The maximum atomic E-state index is 11.1. The topological polar surface area (TPSA) is 82.2 Å². The van der Waals surface area contributed by atoms with Gasteiger partial charge in [-0.25, -0.2) is 0 Å². The number of nitrogens with two attached hydrogens (primary N) is 1. The third-order valence-electron chi connectivity index (χ3n) is 7.12. The van der Waals surface area contributed by atoms with Crippen molar-refractivity contribution in [2.24, 2.45) is 11.7 Å². The Morgan fingerprint density at radius 3 is 2.39 bits per heavy atom. The molecule has 31 heavy (non-hydrogen) atoms. The van der Waals surface area contributed by atoms with E-state index in [2.05, 4.69) is 46.9 Å². The summed E-state index contributed by atoms with van der Waals surface area (Å²) < 4.78 is 5.44. The minimum Gasteiger partial charge on any atom is -0.497 e. The number of anilines is 1. The lowest BCUT2D eigenvalue weighted by atomic mass is 9.66. The first-order valence-corrected chi connectivity index (χ1v) is 11.8. The van der Waals surface area contributed by atoms with Crippen molar-refractivity contribution in [1.82, 2.24) is 4.90 Å². The molecule has 6 heteroatoms. The SMILES string of the molecule is CC.CC.CN.COc1ccc2c(c1)N(C)C1C(O)CC(O)C3C=CCN4CCC21C34. The number of likely N-dealkylation sites (N-methyl/N-ethyl adjacent to an activating group) is 1. The molecule has 0 aromatic heterocycles. The summed E-state index contributed by atoms with van der Waals surface area (Å²) in [5.74, 6) is 0.931. The summed E-state index contributed by atoms with van der Waals surface area (Å²) >= 11 is 0. The molecule has 6 unspecified atom stereocenters. The monoisotopic (exact) mass is 433 g/mol. The van der Waals surface area contributed by atoms with Crippen LogP contribution in [0.1, 0.15) is 46.1 Å². The number of benzene rings is 1. The molecule has 176 valence electrons. The van der Waals surface area contributed by atoms with Crippen LogP contribution in [-0.4, -0.2) is 73.7 Å². The Labute approximate surface area is 188 Å². The number of ether oxygens (including phenoxy) is 1. The predicted molar refractivity (Wildman–Crippen MR) is 129 cm³/mol. The molecule has 3 aliphatic heterocycles. The number of aliphatic hydroxyl groups excluding tert-OH is 2. The summed E-state index contributed by atoms with van der Waals surface area (Å²) in [6, 6.07) is 6.56. The van der Waals surface area contributed by atoms with Crippen molar-refractivity contribution in [2.45, 2.75) is 70.2 Å². The molecule has 4 aliphatic rings. The molecule has 3 heterocycles. The number of nitrogens with zero attached hydrogens (tertiary/aromatic N) is 2. The molecule has 5 rings (SSSR count). The third-order valence-corrected chi connectivity index (χ3v) is 7.12. The molecule has 0 bridgehead atoms. The largest absolute Gasteiger partial charge is 0.497 e. The molecule has 1 aromatic rings. The second-order valence-electron chi connectivity index (χ2n) is 8.04. The van der Waals surface area contributed by atoms with Crippen LogP contribution in [-0.2, 0) is 5.41 Å². The average molecular weight is 434 g/mol. The Balaban J connectivity index is 0.000000527. The lowest BCUT2D eigenvalue weighted by Gasteiger charge is -2.44. The number of hydrogen-bond acceptors (Lipinski definition) is 6. The maximum absolute atomic E-state index is 11.1. The van der Waals surface area contributed by atoms with E-state index in [1.54, 1.807) is 7.11 Å². The van der Waals surface area contributed by atoms with Crippen molar-refractivity contribution in [2.75, 3.05) is 39.2 Å². The van der Waals surface area contributed by atoms with Crippen molar-refractivity contribution in [1.29, 1.82) is 0 Å². The Morgan fingerprint density at radius 1 is 1.06 bits per heavy atom. The highest BCUT2D eigenvalue weighted by Crippen LogP contribution is 2.59. The van der Waals surface area contributed by atoms with Gasteiger partial charge in [-0.15, -0.1) is 0 Å². The Hall–Kier alpha value is -1.60. The van der Waals surface area contributed by atoms with E-state index in [1.807, 2.05) is 33.8 Å². The van der Waals surface area contributed by atoms with E-state index in [0.717, 1.165) is 30.9 Å². The molecule has 1 aromatic carbocycles. The third kappa shape index (κ3) is 3.88. The van der Waals surface area contributed by atoms with Gasteiger partial charge in [-0.1, -0.05) is 45.9 Å². The fourth-order valence-corrected chi connectivity index (χ4v) is 6.26. The van der Waals surface area contributed by atoms with E-state index in [-0.39, 0.29) is 23.4 Å². The van der Waals surface area contributed by atoms with Gasteiger partial charge in [0.1, 0.15) is 5.75 Å².